The molecule has 0 heterocycles. The van der Waals surface area contributed by atoms with Crippen LogP contribution in [0.2, 0.25) is 5.02 Å². The van der Waals surface area contributed by atoms with Crippen molar-refractivity contribution in [2.75, 3.05) is 7.05 Å². The third kappa shape index (κ3) is 3.75. The van der Waals surface area contributed by atoms with Crippen LogP contribution >= 0.6 is 11.6 Å². The van der Waals surface area contributed by atoms with Crippen LogP contribution in [0.25, 0.3) is 0 Å². The topological polar surface area (TPSA) is 29.3 Å². The van der Waals surface area contributed by atoms with Crippen molar-refractivity contribution in [1.29, 1.82) is 0 Å². The van der Waals surface area contributed by atoms with Crippen LogP contribution in [0.3, 0.4) is 0 Å². The van der Waals surface area contributed by atoms with Crippen LogP contribution in [0.1, 0.15) is 57.1 Å². The molecule has 1 fully saturated rings. The van der Waals surface area contributed by atoms with Crippen LogP contribution < -0.4 is 5.73 Å². The van der Waals surface area contributed by atoms with E-state index in [-0.39, 0.29) is 6.04 Å². The molecule has 0 amide bonds. The molecule has 1 saturated carbocycles. The van der Waals surface area contributed by atoms with Gasteiger partial charge >= 0.3 is 0 Å². The smallest absolute Gasteiger partial charge is 0.0498 e. The third-order valence-electron chi connectivity index (χ3n) is 4.68. The van der Waals surface area contributed by atoms with E-state index in [0.717, 1.165) is 11.4 Å². The molecule has 2 unspecified atom stereocenters. The average Bonchev–Trinajstić information content (AvgIpc) is 2.50. The van der Waals surface area contributed by atoms with E-state index in [4.69, 9.17) is 17.3 Å². The molecule has 0 aliphatic heterocycles. The SMILES string of the molecule is CCC(N)C(c1ccc(Cl)cc1)N(C)C1CCCCC1. The second-order valence-corrected chi connectivity index (χ2v) is 6.46. The summed E-state index contributed by atoms with van der Waals surface area (Å²) in [5, 5.41) is 0.790. The van der Waals surface area contributed by atoms with E-state index >= 15 is 0 Å². The van der Waals surface area contributed by atoms with Crippen LogP contribution in [0.5, 0.6) is 0 Å². The molecular weight excluding hydrogens is 268 g/mol. The predicted molar refractivity (Wildman–Crippen MR) is 87.1 cm³/mol. The van der Waals surface area contributed by atoms with Crippen LogP contribution in [-0.4, -0.2) is 24.0 Å². The summed E-state index contributed by atoms with van der Waals surface area (Å²) >= 11 is 6.01. The lowest BCUT2D eigenvalue weighted by atomic mass is 9.90. The minimum Gasteiger partial charge on any atom is -0.326 e. The van der Waals surface area contributed by atoms with Crippen molar-refractivity contribution in [3.05, 3.63) is 34.9 Å². The minimum absolute atomic E-state index is 0.170. The Morgan fingerprint density at radius 1 is 1.20 bits per heavy atom. The zero-order chi connectivity index (χ0) is 14.5. The summed E-state index contributed by atoms with van der Waals surface area (Å²) in [5.41, 5.74) is 7.71. The highest BCUT2D eigenvalue weighted by molar-refractivity contribution is 6.30. The monoisotopic (exact) mass is 294 g/mol. The van der Waals surface area contributed by atoms with Gasteiger partial charge in [0.05, 0.1) is 0 Å². The Morgan fingerprint density at radius 2 is 1.80 bits per heavy atom. The summed E-state index contributed by atoms with van der Waals surface area (Å²) in [6.07, 6.45) is 7.68. The van der Waals surface area contributed by atoms with Gasteiger partial charge < -0.3 is 5.73 Å². The molecule has 1 aliphatic rings. The van der Waals surface area contributed by atoms with Gasteiger partial charge in [0, 0.05) is 23.1 Å². The number of rotatable bonds is 5. The molecule has 2 atom stereocenters. The molecule has 3 heteroatoms. The standard InChI is InChI=1S/C17H27ClN2/c1-3-16(19)17(13-9-11-14(18)12-10-13)20(2)15-7-5-4-6-8-15/h9-12,15-17H,3-8,19H2,1-2H3. The number of nitrogens with zero attached hydrogens (tertiary/aromatic N) is 1. The third-order valence-corrected chi connectivity index (χ3v) is 4.93. The van der Waals surface area contributed by atoms with Gasteiger partial charge in [-0.2, -0.15) is 0 Å². The van der Waals surface area contributed by atoms with Crippen LogP contribution in [0, 0.1) is 0 Å². The van der Waals surface area contributed by atoms with Crippen molar-refractivity contribution in [2.24, 2.45) is 5.73 Å². The maximum atomic E-state index is 6.42. The van der Waals surface area contributed by atoms with E-state index in [9.17, 15) is 0 Å². The first kappa shape index (κ1) is 15.8. The van der Waals surface area contributed by atoms with Crippen LogP contribution in [0.15, 0.2) is 24.3 Å². The van der Waals surface area contributed by atoms with Gasteiger partial charge in [0.15, 0.2) is 0 Å². The summed E-state index contributed by atoms with van der Waals surface area (Å²) in [6.45, 7) is 2.17. The second-order valence-electron chi connectivity index (χ2n) is 6.03. The number of nitrogens with two attached hydrogens (primary N) is 1. The molecule has 0 spiro atoms. The summed E-state index contributed by atoms with van der Waals surface area (Å²) < 4.78 is 0. The molecule has 1 aromatic carbocycles. The van der Waals surface area contributed by atoms with Gasteiger partial charge in [-0.1, -0.05) is 49.9 Å². The van der Waals surface area contributed by atoms with E-state index < -0.39 is 0 Å². The Hall–Kier alpha value is -0.570. The quantitative estimate of drug-likeness (QED) is 0.873. The maximum absolute atomic E-state index is 6.42. The van der Waals surface area contributed by atoms with Crippen molar-refractivity contribution in [2.45, 2.75) is 63.6 Å². The fourth-order valence-electron chi connectivity index (χ4n) is 3.38. The lowest BCUT2D eigenvalue weighted by molar-refractivity contribution is 0.118. The first-order valence-electron chi connectivity index (χ1n) is 7.86. The van der Waals surface area contributed by atoms with E-state index in [1.54, 1.807) is 0 Å². The molecule has 112 valence electrons. The number of halogens is 1. The van der Waals surface area contributed by atoms with E-state index in [2.05, 4.69) is 31.0 Å². The van der Waals surface area contributed by atoms with Gasteiger partial charge in [-0.25, -0.2) is 0 Å². The molecule has 0 saturated heterocycles. The van der Waals surface area contributed by atoms with Gasteiger partial charge in [0.2, 0.25) is 0 Å². The highest BCUT2D eigenvalue weighted by atomic mass is 35.5. The molecule has 0 bridgehead atoms. The van der Waals surface area contributed by atoms with Crippen molar-refractivity contribution in [3.63, 3.8) is 0 Å². The molecule has 2 N–H and O–H groups in total. The predicted octanol–water partition coefficient (Wildman–Crippen LogP) is 4.38. The van der Waals surface area contributed by atoms with Gasteiger partial charge in [-0.15, -0.1) is 0 Å². The first-order valence-corrected chi connectivity index (χ1v) is 8.24. The fourth-order valence-corrected chi connectivity index (χ4v) is 3.51. The molecule has 0 radical (unpaired) electrons. The lowest BCUT2D eigenvalue weighted by Gasteiger charge is -2.40. The summed E-state index contributed by atoms with van der Waals surface area (Å²) in [4.78, 5) is 2.51. The summed E-state index contributed by atoms with van der Waals surface area (Å²) in [6, 6.07) is 9.33. The van der Waals surface area contributed by atoms with E-state index in [1.807, 2.05) is 12.1 Å². The maximum Gasteiger partial charge on any atom is 0.0498 e. The molecule has 1 aromatic rings. The number of hydrogen-bond donors (Lipinski definition) is 1. The fraction of sp³-hybridized carbons (Fsp3) is 0.647. The van der Waals surface area contributed by atoms with Crippen molar-refractivity contribution in [3.8, 4) is 0 Å². The normalized spacial score (nSPS) is 20.1. The van der Waals surface area contributed by atoms with E-state index in [0.29, 0.717) is 12.1 Å². The Balaban J connectivity index is 2.19. The molecule has 0 aromatic heterocycles. The Morgan fingerprint density at radius 3 is 2.35 bits per heavy atom. The van der Waals surface area contributed by atoms with Gasteiger partial charge in [-0.3, -0.25) is 4.90 Å². The van der Waals surface area contributed by atoms with Crippen LogP contribution in [0.4, 0.5) is 0 Å². The number of benzene rings is 1. The first-order chi connectivity index (χ1) is 9.63. The van der Waals surface area contributed by atoms with Gasteiger partial charge in [0.25, 0.3) is 0 Å². The molecular formula is C17H27ClN2. The van der Waals surface area contributed by atoms with Crippen molar-refractivity contribution in [1.82, 2.24) is 4.90 Å². The zero-order valence-electron chi connectivity index (χ0n) is 12.7. The minimum atomic E-state index is 0.170. The number of hydrogen-bond acceptors (Lipinski definition) is 2. The zero-order valence-corrected chi connectivity index (χ0v) is 13.4. The second kappa shape index (κ2) is 7.44. The van der Waals surface area contributed by atoms with Gasteiger partial charge in [0.1, 0.15) is 0 Å². The molecule has 2 rings (SSSR count). The Kier molecular flexibility index (Phi) is 5.88. The largest absolute Gasteiger partial charge is 0.326 e. The molecule has 20 heavy (non-hydrogen) atoms. The van der Waals surface area contributed by atoms with E-state index in [1.165, 1.54) is 37.7 Å². The highest BCUT2D eigenvalue weighted by Crippen LogP contribution is 2.31. The summed E-state index contributed by atoms with van der Waals surface area (Å²) in [5.74, 6) is 0. The molecule has 1 aliphatic carbocycles. The van der Waals surface area contributed by atoms with Crippen LogP contribution in [-0.2, 0) is 0 Å². The highest BCUT2D eigenvalue weighted by Gasteiger charge is 2.29. The Bertz CT molecular complexity index is 398. The Labute approximate surface area is 128 Å². The molecule has 2 nitrogen and oxygen atoms in total. The number of likely N-dealkylation sites (N-methyl/N-ethyl adjacent to an activating group) is 1. The van der Waals surface area contributed by atoms with Crippen molar-refractivity contribution < 1.29 is 0 Å². The lowest BCUT2D eigenvalue weighted by Crippen LogP contribution is -2.44. The average molecular weight is 295 g/mol. The van der Waals surface area contributed by atoms with Crippen molar-refractivity contribution >= 4 is 11.6 Å². The van der Waals surface area contributed by atoms with Gasteiger partial charge in [-0.05, 0) is 44.0 Å². The summed E-state index contributed by atoms with van der Waals surface area (Å²) in [7, 11) is 2.24.